The number of unbranched alkanes of at least 4 members (excludes halogenated alkanes) is 22. The maximum atomic E-state index is 12.6. The average Bonchev–Trinajstić information content (AvgIpc) is 3.02. The van der Waals surface area contributed by atoms with Crippen molar-refractivity contribution >= 4 is 11.8 Å². The van der Waals surface area contributed by atoms with Crippen LogP contribution in [0, 0.1) is 0 Å². The van der Waals surface area contributed by atoms with Crippen molar-refractivity contribution in [3.63, 3.8) is 0 Å². The minimum absolute atomic E-state index is 0.0597. The lowest BCUT2D eigenvalue weighted by Gasteiger charge is -2.28. The molecular weight excluding hydrogens is 530 g/mol. The Bertz CT molecular complexity index is 570. The summed E-state index contributed by atoms with van der Waals surface area (Å²) < 4.78 is 0. The molecule has 0 aromatic heterocycles. The van der Waals surface area contributed by atoms with Gasteiger partial charge < -0.3 is 15.1 Å². The molecule has 0 unspecified atom stereocenters. The Hall–Kier alpha value is -1.10. The average molecular weight is 608 g/mol. The number of carbonyl (C=O) groups excluding carboxylic acids is 2. The first-order chi connectivity index (χ1) is 21.1. The Morgan fingerprint density at radius 2 is 0.791 bits per heavy atom. The second-order valence-electron chi connectivity index (χ2n) is 13.1. The van der Waals surface area contributed by atoms with Gasteiger partial charge in [0.05, 0.1) is 0 Å². The third kappa shape index (κ3) is 29.4. The van der Waals surface area contributed by atoms with Crippen LogP contribution in [0.3, 0.4) is 0 Å². The first kappa shape index (κ1) is 41.9. The standard InChI is InChI=1S/C38H77N3O2/c1-5-9-11-13-15-17-19-21-23-25-27-29-32-40(33-30-28-26-24-22-20-18-16-14-12-10-6-2)35-36-41(38(43)8-4)34-31-39-37(42)7-3/h5-36H2,1-4H3,(H,39,42). The third-order valence-electron chi connectivity index (χ3n) is 9.02. The molecule has 0 aliphatic heterocycles. The molecule has 0 rings (SSSR count). The fraction of sp³-hybridized carbons (Fsp3) is 0.947. The molecule has 0 aromatic rings. The molecule has 0 saturated carbocycles. The van der Waals surface area contributed by atoms with Crippen molar-refractivity contribution in [2.75, 3.05) is 39.3 Å². The van der Waals surface area contributed by atoms with Crippen LogP contribution >= 0.6 is 0 Å². The van der Waals surface area contributed by atoms with E-state index in [-0.39, 0.29) is 11.8 Å². The van der Waals surface area contributed by atoms with E-state index in [0.717, 1.165) is 26.2 Å². The predicted octanol–water partition coefficient (Wildman–Crippen LogP) is 10.5. The molecule has 0 spiro atoms. The Kier molecular flexibility index (Phi) is 32.9. The molecule has 256 valence electrons. The number of amides is 2. The van der Waals surface area contributed by atoms with Crippen LogP contribution in [0.15, 0.2) is 0 Å². The van der Waals surface area contributed by atoms with E-state index in [2.05, 4.69) is 24.1 Å². The molecule has 0 saturated heterocycles. The maximum Gasteiger partial charge on any atom is 0.222 e. The first-order valence-corrected chi connectivity index (χ1v) is 19.4. The van der Waals surface area contributed by atoms with Gasteiger partial charge in [0.15, 0.2) is 0 Å². The fourth-order valence-electron chi connectivity index (χ4n) is 5.99. The van der Waals surface area contributed by atoms with Crippen LogP contribution in [0.5, 0.6) is 0 Å². The Morgan fingerprint density at radius 1 is 0.419 bits per heavy atom. The predicted molar refractivity (Wildman–Crippen MR) is 189 cm³/mol. The zero-order valence-electron chi connectivity index (χ0n) is 29.8. The number of carbonyl (C=O) groups is 2. The van der Waals surface area contributed by atoms with E-state index in [9.17, 15) is 9.59 Å². The van der Waals surface area contributed by atoms with Gasteiger partial charge in [0.1, 0.15) is 0 Å². The summed E-state index contributed by atoms with van der Waals surface area (Å²) in [6, 6.07) is 0. The van der Waals surface area contributed by atoms with Gasteiger partial charge in [-0.15, -0.1) is 0 Å². The molecule has 0 radical (unpaired) electrons. The second kappa shape index (κ2) is 33.8. The van der Waals surface area contributed by atoms with E-state index in [1.807, 2.05) is 18.7 Å². The lowest BCUT2D eigenvalue weighted by molar-refractivity contribution is -0.131. The summed E-state index contributed by atoms with van der Waals surface area (Å²) in [7, 11) is 0. The van der Waals surface area contributed by atoms with Gasteiger partial charge in [-0.3, -0.25) is 9.59 Å². The smallest absolute Gasteiger partial charge is 0.222 e. The van der Waals surface area contributed by atoms with Gasteiger partial charge in [-0.1, -0.05) is 169 Å². The number of hydrogen-bond donors (Lipinski definition) is 1. The Morgan fingerprint density at radius 3 is 1.14 bits per heavy atom. The van der Waals surface area contributed by atoms with E-state index >= 15 is 0 Å². The third-order valence-corrected chi connectivity index (χ3v) is 9.02. The van der Waals surface area contributed by atoms with Crippen LogP contribution in [0.25, 0.3) is 0 Å². The molecule has 5 heteroatoms. The monoisotopic (exact) mass is 608 g/mol. The highest BCUT2D eigenvalue weighted by molar-refractivity contribution is 5.76. The Labute approximate surface area is 270 Å². The van der Waals surface area contributed by atoms with Crippen molar-refractivity contribution < 1.29 is 9.59 Å². The highest BCUT2D eigenvalue weighted by Crippen LogP contribution is 2.14. The molecule has 1 N–H and O–H groups in total. The van der Waals surface area contributed by atoms with Crippen LogP contribution in [-0.4, -0.2) is 60.9 Å². The Balaban J connectivity index is 4.36. The van der Waals surface area contributed by atoms with E-state index in [1.54, 1.807) is 0 Å². The summed E-state index contributed by atoms with van der Waals surface area (Å²) in [4.78, 5) is 28.9. The van der Waals surface area contributed by atoms with Crippen LogP contribution in [0.4, 0.5) is 0 Å². The van der Waals surface area contributed by atoms with Crippen molar-refractivity contribution in [1.82, 2.24) is 15.1 Å². The van der Waals surface area contributed by atoms with Crippen LogP contribution in [0.2, 0.25) is 0 Å². The largest absolute Gasteiger partial charge is 0.354 e. The fourth-order valence-corrected chi connectivity index (χ4v) is 5.99. The quantitative estimate of drug-likeness (QED) is 0.0740. The van der Waals surface area contributed by atoms with Gasteiger partial charge in [-0.25, -0.2) is 0 Å². The van der Waals surface area contributed by atoms with Crippen LogP contribution in [0.1, 0.15) is 195 Å². The molecule has 0 aliphatic rings. The summed E-state index contributed by atoms with van der Waals surface area (Å²) in [5.74, 6) is 0.255. The summed E-state index contributed by atoms with van der Waals surface area (Å²) in [6.07, 6.45) is 34.2. The zero-order chi connectivity index (χ0) is 31.6. The summed E-state index contributed by atoms with van der Waals surface area (Å²) >= 11 is 0. The highest BCUT2D eigenvalue weighted by atomic mass is 16.2. The SMILES string of the molecule is CCCCCCCCCCCCCCN(CCCCCCCCCCCCCC)CCN(CCNC(=O)CC)C(=O)CC. The minimum Gasteiger partial charge on any atom is -0.354 e. The summed E-state index contributed by atoms with van der Waals surface area (Å²) in [5.41, 5.74) is 0. The van der Waals surface area contributed by atoms with E-state index in [0.29, 0.717) is 25.9 Å². The molecule has 0 fully saturated rings. The molecule has 5 nitrogen and oxygen atoms in total. The molecule has 0 bridgehead atoms. The molecule has 0 atom stereocenters. The molecule has 2 amide bonds. The van der Waals surface area contributed by atoms with Gasteiger partial charge in [-0.2, -0.15) is 0 Å². The molecule has 43 heavy (non-hydrogen) atoms. The van der Waals surface area contributed by atoms with Crippen LogP contribution < -0.4 is 5.32 Å². The minimum atomic E-state index is 0.0597. The maximum absolute atomic E-state index is 12.6. The lowest BCUT2D eigenvalue weighted by atomic mass is 10.0. The highest BCUT2D eigenvalue weighted by Gasteiger charge is 2.14. The number of nitrogens with zero attached hydrogens (tertiary/aromatic N) is 2. The first-order valence-electron chi connectivity index (χ1n) is 19.4. The van der Waals surface area contributed by atoms with Crippen LogP contribution in [-0.2, 0) is 9.59 Å². The van der Waals surface area contributed by atoms with Crippen molar-refractivity contribution in [1.29, 1.82) is 0 Å². The molecule has 0 heterocycles. The topological polar surface area (TPSA) is 52.6 Å². The van der Waals surface area contributed by atoms with E-state index in [4.69, 9.17) is 0 Å². The van der Waals surface area contributed by atoms with Crippen molar-refractivity contribution in [2.45, 2.75) is 195 Å². The lowest BCUT2D eigenvalue weighted by Crippen LogP contribution is -2.42. The van der Waals surface area contributed by atoms with Gasteiger partial charge in [0.2, 0.25) is 11.8 Å². The van der Waals surface area contributed by atoms with Gasteiger partial charge in [0.25, 0.3) is 0 Å². The normalized spacial score (nSPS) is 11.4. The van der Waals surface area contributed by atoms with Gasteiger partial charge in [-0.05, 0) is 25.9 Å². The van der Waals surface area contributed by atoms with Crippen molar-refractivity contribution in [3.8, 4) is 0 Å². The van der Waals surface area contributed by atoms with E-state index in [1.165, 1.54) is 154 Å². The van der Waals surface area contributed by atoms with Crippen molar-refractivity contribution in [2.24, 2.45) is 0 Å². The number of nitrogens with one attached hydrogen (secondary N) is 1. The molecule has 0 aliphatic carbocycles. The van der Waals surface area contributed by atoms with Gasteiger partial charge >= 0.3 is 0 Å². The summed E-state index contributed by atoms with van der Waals surface area (Å²) in [5, 5.41) is 2.94. The molecule has 0 aromatic carbocycles. The number of hydrogen-bond acceptors (Lipinski definition) is 3. The van der Waals surface area contributed by atoms with E-state index < -0.39 is 0 Å². The summed E-state index contributed by atoms with van der Waals surface area (Å²) in [6.45, 7) is 13.6. The number of rotatable bonds is 34. The van der Waals surface area contributed by atoms with Crippen molar-refractivity contribution in [3.05, 3.63) is 0 Å². The molecular formula is C38H77N3O2. The zero-order valence-corrected chi connectivity index (χ0v) is 29.8. The van der Waals surface area contributed by atoms with Gasteiger partial charge in [0, 0.05) is 39.0 Å². The second-order valence-corrected chi connectivity index (χ2v) is 13.1.